The first-order valence-electron chi connectivity index (χ1n) is 6.59. The quantitative estimate of drug-likeness (QED) is 0.665. The molecule has 7 heteroatoms. The normalized spacial score (nSPS) is 19.0. The SMILES string of the molecule is Cc1cnc(CNCC2CSCCS2)c(C)c1[N+](=O)[O-]. The van der Waals surface area contributed by atoms with Gasteiger partial charge >= 0.3 is 0 Å². The predicted octanol–water partition coefficient (Wildman–Crippen LogP) is 2.54. The molecule has 1 saturated heterocycles. The van der Waals surface area contributed by atoms with E-state index in [1.54, 1.807) is 20.0 Å². The molecular formula is C13H19N3O2S2. The molecule has 5 nitrogen and oxygen atoms in total. The van der Waals surface area contributed by atoms with E-state index in [1.807, 2.05) is 23.5 Å². The van der Waals surface area contributed by atoms with E-state index in [4.69, 9.17) is 0 Å². The molecule has 2 heterocycles. The Bertz CT molecular complexity index is 491. The van der Waals surface area contributed by atoms with E-state index in [-0.39, 0.29) is 10.6 Å². The Morgan fingerprint density at radius 3 is 2.95 bits per heavy atom. The van der Waals surface area contributed by atoms with Crippen molar-refractivity contribution in [3.8, 4) is 0 Å². The number of aromatic nitrogens is 1. The number of thioether (sulfide) groups is 2. The third-order valence-corrected chi connectivity index (χ3v) is 6.15. The number of aryl methyl sites for hydroxylation is 1. The minimum absolute atomic E-state index is 0.194. The lowest BCUT2D eigenvalue weighted by Gasteiger charge is -2.21. The fourth-order valence-corrected chi connectivity index (χ4v) is 4.88. The smallest absolute Gasteiger partial charge is 0.278 e. The second-order valence-electron chi connectivity index (χ2n) is 4.82. The van der Waals surface area contributed by atoms with Gasteiger partial charge in [-0.05, 0) is 13.8 Å². The van der Waals surface area contributed by atoms with Gasteiger partial charge in [0, 0.05) is 52.9 Å². The van der Waals surface area contributed by atoms with Crippen molar-refractivity contribution in [2.45, 2.75) is 25.6 Å². The summed E-state index contributed by atoms with van der Waals surface area (Å²) in [7, 11) is 0. The van der Waals surface area contributed by atoms with Crippen molar-refractivity contribution in [3.05, 3.63) is 33.1 Å². The van der Waals surface area contributed by atoms with E-state index in [2.05, 4.69) is 10.3 Å². The summed E-state index contributed by atoms with van der Waals surface area (Å²) in [5, 5.41) is 15.1. The zero-order chi connectivity index (χ0) is 14.5. The summed E-state index contributed by atoms with van der Waals surface area (Å²) in [4.78, 5) is 15.1. The van der Waals surface area contributed by atoms with Crippen molar-refractivity contribution in [1.29, 1.82) is 0 Å². The summed E-state index contributed by atoms with van der Waals surface area (Å²) in [5.74, 6) is 3.63. The molecule has 1 aliphatic heterocycles. The lowest BCUT2D eigenvalue weighted by molar-refractivity contribution is -0.386. The van der Waals surface area contributed by atoms with Gasteiger partial charge in [0.15, 0.2) is 0 Å². The molecule has 0 spiro atoms. The molecule has 0 aliphatic carbocycles. The van der Waals surface area contributed by atoms with Crippen LogP contribution in [0.25, 0.3) is 0 Å². The number of nitro groups is 1. The molecule has 1 aromatic heterocycles. The van der Waals surface area contributed by atoms with Crippen LogP contribution in [0.5, 0.6) is 0 Å². The van der Waals surface area contributed by atoms with Crippen molar-refractivity contribution < 1.29 is 4.92 Å². The topological polar surface area (TPSA) is 68.1 Å². The largest absolute Gasteiger partial charge is 0.310 e. The highest BCUT2D eigenvalue weighted by molar-refractivity contribution is 8.06. The van der Waals surface area contributed by atoms with E-state index < -0.39 is 0 Å². The molecule has 0 radical (unpaired) electrons. The highest BCUT2D eigenvalue weighted by Gasteiger charge is 2.19. The lowest BCUT2D eigenvalue weighted by atomic mass is 10.1. The number of hydrogen-bond acceptors (Lipinski definition) is 6. The molecule has 2 rings (SSSR count). The van der Waals surface area contributed by atoms with E-state index >= 15 is 0 Å². The van der Waals surface area contributed by atoms with Crippen molar-refractivity contribution in [3.63, 3.8) is 0 Å². The standard InChI is InChI=1S/C13H19N3O2S2/c1-9-5-15-12(10(2)13(9)16(17)18)7-14-6-11-8-19-3-4-20-11/h5,11,14H,3-4,6-8H2,1-2H3. The number of hydrogen-bond donors (Lipinski definition) is 1. The highest BCUT2D eigenvalue weighted by Crippen LogP contribution is 2.25. The van der Waals surface area contributed by atoms with Gasteiger partial charge in [-0.15, -0.1) is 0 Å². The zero-order valence-corrected chi connectivity index (χ0v) is 13.4. The van der Waals surface area contributed by atoms with Crippen LogP contribution < -0.4 is 5.32 Å². The lowest BCUT2D eigenvalue weighted by Crippen LogP contribution is -2.29. The third kappa shape index (κ3) is 3.86. The van der Waals surface area contributed by atoms with Gasteiger partial charge in [-0.2, -0.15) is 23.5 Å². The maximum absolute atomic E-state index is 11.1. The third-order valence-electron chi connectivity index (χ3n) is 3.31. The number of nitrogens with zero attached hydrogens (tertiary/aromatic N) is 2. The van der Waals surface area contributed by atoms with Crippen molar-refractivity contribution in [2.24, 2.45) is 0 Å². The highest BCUT2D eigenvalue weighted by atomic mass is 32.2. The summed E-state index contributed by atoms with van der Waals surface area (Å²) in [5.41, 5.74) is 2.26. The van der Waals surface area contributed by atoms with E-state index in [0.717, 1.165) is 12.2 Å². The van der Waals surface area contributed by atoms with E-state index in [1.165, 1.54) is 17.3 Å². The second kappa shape index (κ2) is 7.28. The fraction of sp³-hybridized carbons (Fsp3) is 0.615. The van der Waals surface area contributed by atoms with Crippen molar-refractivity contribution in [2.75, 3.05) is 23.8 Å². The number of rotatable bonds is 5. The maximum Gasteiger partial charge on any atom is 0.278 e. The van der Waals surface area contributed by atoms with Gasteiger partial charge in [-0.3, -0.25) is 15.1 Å². The molecule has 1 fully saturated rings. The summed E-state index contributed by atoms with van der Waals surface area (Å²) in [6, 6.07) is 0. The molecule has 110 valence electrons. The molecule has 1 atom stereocenters. The van der Waals surface area contributed by atoms with Gasteiger partial charge in [0.25, 0.3) is 5.69 Å². The van der Waals surface area contributed by atoms with Crippen LogP contribution in [0.1, 0.15) is 16.8 Å². The Balaban J connectivity index is 1.95. The zero-order valence-electron chi connectivity index (χ0n) is 11.7. The first-order valence-corrected chi connectivity index (χ1v) is 8.79. The van der Waals surface area contributed by atoms with Crippen LogP contribution in [-0.4, -0.2) is 39.0 Å². The van der Waals surface area contributed by atoms with Crippen LogP contribution in [0.15, 0.2) is 6.20 Å². The van der Waals surface area contributed by atoms with Gasteiger partial charge in [0.1, 0.15) is 0 Å². The summed E-state index contributed by atoms with van der Waals surface area (Å²) in [6.07, 6.45) is 1.59. The van der Waals surface area contributed by atoms with E-state index in [9.17, 15) is 10.1 Å². The van der Waals surface area contributed by atoms with E-state index in [0.29, 0.717) is 22.9 Å². The monoisotopic (exact) mass is 313 g/mol. The van der Waals surface area contributed by atoms with Crippen LogP contribution in [0.2, 0.25) is 0 Å². The molecule has 0 bridgehead atoms. The van der Waals surface area contributed by atoms with Gasteiger partial charge in [0.05, 0.1) is 10.6 Å². The molecule has 20 heavy (non-hydrogen) atoms. The van der Waals surface area contributed by atoms with Crippen molar-refractivity contribution >= 4 is 29.2 Å². The molecule has 1 aliphatic rings. The average molecular weight is 313 g/mol. The van der Waals surface area contributed by atoms with Crippen LogP contribution in [0.4, 0.5) is 5.69 Å². The number of nitrogens with one attached hydrogen (secondary N) is 1. The first kappa shape index (κ1) is 15.6. The minimum atomic E-state index is -0.316. The fourth-order valence-electron chi connectivity index (χ4n) is 2.23. The average Bonchev–Trinajstić information content (AvgIpc) is 2.42. The Kier molecular flexibility index (Phi) is 5.68. The maximum atomic E-state index is 11.1. The Morgan fingerprint density at radius 2 is 2.30 bits per heavy atom. The van der Waals surface area contributed by atoms with Crippen LogP contribution in [0.3, 0.4) is 0 Å². The molecule has 1 N–H and O–H groups in total. The molecule has 0 aromatic carbocycles. The van der Waals surface area contributed by atoms with Gasteiger partial charge in [-0.1, -0.05) is 0 Å². The Labute approximate surface area is 127 Å². The van der Waals surface area contributed by atoms with Crippen molar-refractivity contribution in [1.82, 2.24) is 10.3 Å². The molecule has 0 saturated carbocycles. The molecule has 0 amide bonds. The van der Waals surface area contributed by atoms with Gasteiger partial charge in [0.2, 0.25) is 0 Å². The molecule has 1 unspecified atom stereocenters. The van der Waals surface area contributed by atoms with Crippen LogP contribution in [-0.2, 0) is 6.54 Å². The van der Waals surface area contributed by atoms with Crippen LogP contribution >= 0.6 is 23.5 Å². The molecule has 1 aromatic rings. The van der Waals surface area contributed by atoms with Gasteiger partial charge < -0.3 is 5.32 Å². The Morgan fingerprint density at radius 1 is 1.50 bits per heavy atom. The minimum Gasteiger partial charge on any atom is -0.310 e. The second-order valence-corrected chi connectivity index (χ2v) is 7.38. The van der Waals surface area contributed by atoms with Crippen LogP contribution in [0, 0.1) is 24.0 Å². The summed E-state index contributed by atoms with van der Waals surface area (Å²) < 4.78 is 0. The number of pyridine rings is 1. The predicted molar refractivity (Wildman–Crippen MR) is 85.6 cm³/mol. The Hall–Kier alpha value is -0.790. The summed E-state index contributed by atoms with van der Waals surface area (Å²) in [6.45, 7) is 5.03. The first-order chi connectivity index (χ1) is 9.59. The summed E-state index contributed by atoms with van der Waals surface area (Å²) >= 11 is 4.00. The molecular weight excluding hydrogens is 294 g/mol. The van der Waals surface area contributed by atoms with Gasteiger partial charge in [-0.25, -0.2) is 0 Å².